The van der Waals surface area contributed by atoms with E-state index in [2.05, 4.69) is 15.9 Å². The van der Waals surface area contributed by atoms with Crippen molar-refractivity contribution >= 4 is 15.9 Å². The van der Waals surface area contributed by atoms with Crippen LogP contribution in [-0.2, 0) is 4.74 Å². The van der Waals surface area contributed by atoms with Gasteiger partial charge in [-0.25, -0.2) is 4.39 Å². The van der Waals surface area contributed by atoms with E-state index in [1.165, 1.54) is 6.07 Å². The van der Waals surface area contributed by atoms with Crippen molar-refractivity contribution in [2.75, 3.05) is 0 Å². The summed E-state index contributed by atoms with van der Waals surface area (Å²) in [6, 6.07) is 4.70. The number of benzene rings is 1. The van der Waals surface area contributed by atoms with Crippen molar-refractivity contribution in [1.29, 1.82) is 0 Å². The summed E-state index contributed by atoms with van der Waals surface area (Å²) in [6.07, 6.45) is 2.34. The van der Waals surface area contributed by atoms with Gasteiger partial charge in [-0.1, -0.05) is 6.07 Å². The second-order valence-corrected chi connectivity index (χ2v) is 5.12. The monoisotopic (exact) mass is 287 g/mol. The first kappa shape index (κ1) is 12.0. The molecule has 0 amide bonds. The molecular weight excluding hydrogens is 273 g/mol. The van der Waals surface area contributed by atoms with E-state index in [4.69, 9.17) is 10.5 Å². The maximum atomic E-state index is 13.1. The van der Waals surface area contributed by atoms with E-state index in [0.29, 0.717) is 4.47 Å². The molecule has 88 valence electrons. The summed E-state index contributed by atoms with van der Waals surface area (Å²) in [4.78, 5) is 0. The molecule has 0 spiro atoms. The topological polar surface area (TPSA) is 35.2 Å². The molecule has 0 aromatic heterocycles. The van der Waals surface area contributed by atoms with Gasteiger partial charge in [0.15, 0.2) is 0 Å². The maximum absolute atomic E-state index is 13.1. The summed E-state index contributed by atoms with van der Waals surface area (Å²) in [7, 11) is 0. The van der Waals surface area contributed by atoms with Gasteiger partial charge in [-0.05, 0) is 53.4 Å². The number of halogens is 2. The molecule has 4 heteroatoms. The van der Waals surface area contributed by atoms with Crippen LogP contribution in [0.2, 0.25) is 0 Å². The lowest BCUT2D eigenvalue weighted by atomic mass is 10.0. The molecule has 2 rings (SSSR count). The highest BCUT2D eigenvalue weighted by molar-refractivity contribution is 9.10. The van der Waals surface area contributed by atoms with E-state index < -0.39 is 0 Å². The van der Waals surface area contributed by atoms with Crippen LogP contribution in [0.3, 0.4) is 0 Å². The van der Waals surface area contributed by atoms with Crippen LogP contribution in [0.1, 0.15) is 31.4 Å². The first-order chi connectivity index (χ1) is 7.58. The Kier molecular flexibility index (Phi) is 3.62. The first-order valence-corrected chi connectivity index (χ1v) is 6.23. The minimum absolute atomic E-state index is 0.0485. The third-order valence-electron chi connectivity index (χ3n) is 2.99. The first-order valence-electron chi connectivity index (χ1n) is 5.44. The Morgan fingerprint density at radius 1 is 1.50 bits per heavy atom. The Morgan fingerprint density at radius 2 is 2.25 bits per heavy atom. The second kappa shape index (κ2) is 4.82. The van der Waals surface area contributed by atoms with Gasteiger partial charge in [0.1, 0.15) is 5.82 Å². The standard InChI is InChI=1S/C12H15BrFNO/c1-7-2-5-11(16-7)12(15)8-3-4-10(14)9(13)6-8/h3-4,6-7,11-12H,2,5,15H2,1H3. The predicted molar refractivity (Wildman–Crippen MR) is 64.6 cm³/mol. The van der Waals surface area contributed by atoms with Crippen molar-refractivity contribution in [1.82, 2.24) is 0 Å². The molecule has 0 bridgehead atoms. The zero-order chi connectivity index (χ0) is 11.7. The Labute approximate surface area is 103 Å². The molecule has 0 aliphatic carbocycles. The molecule has 1 aromatic carbocycles. The fraction of sp³-hybridized carbons (Fsp3) is 0.500. The van der Waals surface area contributed by atoms with Crippen molar-refractivity contribution in [3.05, 3.63) is 34.1 Å². The Morgan fingerprint density at radius 3 is 2.81 bits per heavy atom. The molecule has 2 nitrogen and oxygen atoms in total. The third-order valence-corrected chi connectivity index (χ3v) is 3.60. The maximum Gasteiger partial charge on any atom is 0.137 e. The summed E-state index contributed by atoms with van der Waals surface area (Å²) < 4.78 is 19.2. The van der Waals surface area contributed by atoms with Crippen molar-refractivity contribution in [2.24, 2.45) is 5.73 Å². The summed E-state index contributed by atoms with van der Waals surface area (Å²) in [6.45, 7) is 2.05. The van der Waals surface area contributed by atoms with Gasteiger partial charge in [-0.2, -0.15) is 0 Å². The molecule has 1 heterocycles. The summed E-state index contributed by atoms with van der Waals surface area (Å²) >= 11 is 3.16. The summed E-state index contributed by atoms with van der Waals surface area (Å²) in [5.74, 6) is -0.267. The van der Waals surface area contributed by atoms with Crippen LogP contribution in [-0.4, -0.2) is 12.2 Å². The van der Waals surface area contributed by atoms with E-state index in [-0.39, 0.29) is 24.1 Å². The van der Waals surface area contributed by atoms with Crippen LogP contribution in [0.25, 0.3) is 0 Å². The predicted octanol–water partition coefficient (Wildman–Crippen LogP) is 3.16. The van der Waals surface area contributed by atoms with Gasteiger partial charge in [0.25, 0.3) is 0 Å². The van der Waals surface area contributed by atoms with Crippen LogP contribution in [0.5, 0.6) is 0 Å². The second-order valence-electron chi connectivity index (χ2n) is 4.26. The number of rotatable bonds is 2. The van der Waals surface area contributed by atoms with Gasteiger partial charge in [0.2, 0.25) is 0 Å². The van der Waals surface area contributed by atoms with Crippen LogP contribution >= 0.6 is 15.9 Å². The number of hydrogen-bond acceptors (Lipinski definition) is 2. The number of ether oxygens (including phenoxy) is 1. The molecular formula is C12H15BrFNO. The SMILES string of the molecule is CC1CCC(C(N)c2ccc(F)c(Br)c2)O1. The summed E-state index contributed by atoms with van der Waals surface area (Å²) in [5, 5.41) is 0. The zero-order valence-corrected chi connectivity index (χ0v) is 10.7. The Bertz CT molecular complexity index is 385. The molecule has 16 heavy (non-hydrogen) atoms. The lowest BCUT2D eigenvalue weighted by molar-refractivity contribution is 0.0401. The van der Waals surface area contributed by atoms with Gasteiger partial charge in [-0.15, -0.1) is 0 Å². The van der Waals surface area contributed by atoms with E-state index in [0.717, 1.165) is 18.4 Å². The van der Waals surface area contributed by atoms with Crippen molar-refractivity contribution in [3.63, 3.8) is 0 Å². The highest BCUT2D eigenvalue weighted by atomic mass is 79.9. The average Bonchev–Trinajstić information content (AvgIpc) is 2.68. The van der Waals surface area contributed by atoms with E-state index in [1.54, 1.807) is 12.1 Å². The molecule has 1 aliphatic rings. The molecule has 1 saturated heterocycles. The lowest BCUT2D eigenvalue weighted by Crippen LogP contribution is -2.26. The van der Waals surface area contributed by atoms with Crippen molar-refractivity contribution in [3.8, 4) is 0 Å². The third kappa shape index (κ3) is 2.44. The van der Waals surface area contributed by atoms with Crippen LogP contribution in [0, 0.1) is 5.82 Å². The molecule has 3 atom stereocenters. The minimum Gasteiger partial charge on any atom is -0.373 e. The molecule has 0 saturated carbocycles. The summed E-state index contributed by atoms with van der Waals surface area (Å²) in [5.41, 5.74) is 7.02. The fourth-order valence-corrected chi connectivity index (χ4v) is 2.43. The quantitative estimate of drug-likeness (QED) is 0.907. The van der Waals surface area contributed by atoms with Gasteiger partial charge in [-0.3, -0.25) is 0 Å². The van der Waals surface area contributed by atoms with Crippen LogP contribution < -0.4 is 5.73 Å². The van der Waals surface area contributed by atoms with Crippen LogP contribution in [0.15, 0.2) is 22.7 Å². The normalized spacial score (nSPS) is 27.0. The van der Waals surface area contributed by atoms with Gasteiger partial charge in [0.05, 0.1) is 22.7 Å². The Hall–Kier alpha value is -0.450. The van der Waals surface area contributed by atoms with E-state index in [9.17, 15) is 4.39 Å². The molecule has 2 N–H and O–H groups in total. The molecule has 1 fully saturated rings. The van der Waals surface area contributed by atoms with E-state index >= 15 is 0 Å². The number of nitrogens with two attached hydrogens (primary N) is 1. The molecule has 3 unspecified atom stereocenters. The fourth-order valence-electron chi connectivity index (χ4n) is 2.03. The smallest absolute Gasteiger partial charge is 0.137 e. The molecule has 1 aliphatic heterocycles. The minimum atomic E-state index is -0.267. The van der Waals surface area contributed by atoms with Crippen LogP contribution in [0.4, 0.5) is 4.39 Å². The van der Waals surface area contributed by atoms with E-state index in [1.807, 2.05) is 6.92 Å². The van der Waals surface area contributed by atoms with Crippen molar-refractivity contribution in [2.45, 2.75) is 38.0 Å². The van der Waals surface area contributed by atoms with Gasteiger partial charge >= 0.3 is 0 Å². The highest BCUT2D eigenvalue weighted by Gasteiger charge is 2.28. The molecule has 1 aromatic rings. The highest BCUT2D eigenvalue weighted by Crippen LogP contribution is 2.30. The van der Waals surface area contributed by atoms with Crippen molar-refractivity contribution < 1.29 is 9.13 Å². The Balaban J connectivity index is 2.14. The van der Waals surface area contributed by atoms with Gasteiger partial charge < -0.3 is 10.5 Å². The average molecular weight is 288 g/mol. The number of hydrogen-bond donors (Lipinski definition) is 1. The van der Waals surface area contributed by atoms with Gasteiger partial charge in [0, 0.05) is 0 Å². The lowest BCUT2D eigenvalue weighted by Gasteiger charge is -2.20. The largest absolute Gasteiger partial charge is 0.373 e. The molecule has 0 radical (unpaired) electrons. The zero-order valence-electron chi connectivity index (χ0n) is 9.12.